The molecule has 0 aliphatic heterocycles. The number of carbonyl (C=O) groups is 1. The maximum absolute atomic E-state index is 12.4. The maximum Gasteiger partial charge on any atom is 0.387 e. The summed E-state index contributed by atoms with van der Waals surface area (Å²) in [5.41, 5.74) is 0.873. The molecule has 106 valence electrons. The molecule has 1 aromatic carbocycles. The molecule has 0 atom stereocenters. The average Bonchev–Trinajstić information content (AvgIpc) is 2.34. The number of carbonyl (C=O) groups excluding carboxylic acids is 1. The standard InChI is InChI=1S/C12H14ClF2NO3/c1-6-5-8(19-12(14)15)9(7(2)10(6)13)11(17)16(3)18-4/h5,12H,1-4H3. The van der Waals surface area contributed by atoms with E-state index < -0.39 is 12.5 Å². The second-order valence-electron chi connectivity index (χ2n) is 3.87. The lowest BCUT2D eigenvalue weighted by atomic mass is 10.0. The Bertz CT molecular complexity index is 494. The van der Waals surface area contributed by atoms with E-state index >= 15 is 0 Å². The Kier molecular flexibility index (Phi) is 5.08. The van der Waals surface area contributed by atoms with Gasteiger partial charge in [-0.2, -0.15) is 8.78 Å². The third kappa shape index (κ3) is 3.33. The molecule has 0 heterocycles. The van der Waals surface area contributed by atoms with Crippen LogP contribution in [0, 0.1) is 13.8 Å². The smallest absolute Gasteiger partial charge is 0.387 e. The molecule has 0 unspecified atom stereocenters. The lowest BCUT2D eigenvalue weighted by molar-refractivity contribution is -0.0772. The summed E-state index contributed by atoms with van der Waals surface area (Å²) in [5.74, 6) is -0.833. The Hall–Kier alpha value is -1.40. The molecule has 1 amide bonds. The van der Waals surface area contributed by atoms with Gasteiger partial charge in [0.25, 0.3) is 5.91 Å². The van der Waals surface area contributed by atoms with Gasteiger partial charge in [0.15, 0.2) is 0 Å². The SMILES string of the molecule is CON(C)C(=O)c1c(OC(F)F)cc(C)c(Cl)c1C. The van der Waals surface area contributed by atoms with Gasteiger partial charge in [0, 0.05) is 12.1 Å². The molecule has 0 bridgehead atoms. The monoisotopic (exact) mass is 293 g/mol. The summed E-state index contributed by atoms with van der Waals surface area (Å²) in [6.07, 6.45) is 0. The summed E-state index contributed by atoms with van der Waals surface area (Å²) < 4.78 is 29.2. The van der Waals surface area contributed by atoms with E-state index in [9.17, 15) is 13.6 Å². The second-order valence-corrected chi connectivity index (χ2v) is 4.25. The molecule has 0 fully saturated rings. The zero-order chi connectivity index (χ0) is 14.7. The molecule has 19 heavy (non-hydrogen) atoms. The minimum atomic E-state index is -3.03. The Balaban J connectivity index is 3.41. The lowest BCUT2D eigenvalue weighted by Crippen LogP contribution is -2.27. The number of hydrogen-bond acceptors (Lipinski definition) is 3. The van der Waals surface area contributed by atoms with Crippen LogP contribution >= 0.6 is 11.6 Å². The van der Waals surface area contributed by atoms with Crippen molar-refractivity contribution in [2.24, 2.45) is 0 Å². The van der Waals surface area contributed by atoms with Crippen LogP contribution in [0.25, 0.3) is 0 Å². The van der Waals surface area contributed by atoms with Crippen molar-refractivity contribution in [1.82, 2.24) is 5.06 Å². The number of aryl methyl sites for hydroxylation is 1. The molecule has 0 aliphatic carbocycles. The fourth-order valence-electron chi connectivity index (χ4n) is 1.62. The van der Waals surface area contributed by atoms with Gasteiger partial charge in [-0.15, -0.1) is 0 Å². The molecule has 1 rings (SSSR count). The first-order chi connectivity index (χ1) is 8.79. The van der Waals surface area contributed by atoms with Gasteiger partial charge >= 0.3 is 6.61 Å². The van der Waals surface area contributed by atoms with E-state index in [1.54, 1.807) is 13.8 Å². The number of ether oxygens (including phenoxy) is 1. The van der Waals surface area contributed by atoms with Gasteiger partial charge in [-0.05, 0) is 31.0 Å². The Morgan fingerprint density at radius 1 is 1.42 bits per heavy atom. The minimum Gasteiger partial charge on any atom is -0.434 e. The van der Waals surface area contributed by atoms with Crippen LogP contribution in [0.5, 0.6) is 5.75 Å². The number of nitrogens with zero attached hydrogens (tertiary/aromatic N) is 1. The van der Waals surface area contributed by atoms with E-state index in [0.717, 1.165) is 5.06 Å². The molecular formula is C12H14ClF2NO3. The van der Waals surface area contributed by atoms with Gasteiger partial charge in [-0.1, -0.05) is 11.6 Å². The van der Waals surface area contributed by atoms with E-state index in [2.05, 4.69) is 4.74 Å². The predicted molar refractivity (Wildman–Crippen MR) is 66.7 cm³/mol. The largest absolute Gasteiger partial charge is 0.434 e. The molecule has 0 radical (unpaired) electrons. The second kappa shape index (κ2) is 6.16. The van der Waals surface area contributed by atoms with Crippen LogP contribution < -0.4 is 4.74 Å². The fraction of sp³-hybridized carbons (Fsp3) is 0.417. The molecule has 0 saturated heterocycles. The van der Waals surface area contributed by atoms with Crippen molar-refractivity contribution in [1.29, 1.82) is 0 Å². The highest BCUT2D eigenvalue weighted by Crippen LogP contribution is 2.33. The number of amides is 1. The lowest BCUT2D eigenvalue weighted by Gasteiger charge is -2.19. The molecule has 4 nitrogen and oxygen atoms in total. The molecule has 1 aromatic rings. The van der Waals surface area contributed by atoms with E-state index in [1.165, 1.54) is 20.2 Å². The van der Waals surface area contributed by atoms with Crippen molar-refractivity contribution in [3.63, 3.8) is 0 Å². The van der Waals surface area contributed by atoms with Crippen LogP contribution in [-0.4, -0.2) is 31.7 Å². The average molecular weight is 294 g/mol. The molecular weight excluding hydrogens is 280 g/mol. The van der Waals surface area contributed by atoms with Gasteiger partial charge in [0.05, 0.1) is 12.7 Å². The van der Waals surface area contributed by atoms with Crippen LogP contribution in [0.3, 0.4) is 0 Å². The molecule has 7 heteroatoms. The topological polar surface area (TPSA) is 38.8 Å². The van der Waals surface area contributed by atoms with E-state index in [4.69, 9.17) is 16.4 Å². The highest BCUT2D eigenvalue weighted by Gasteiger charge is 2.24. The van der Waals surface area contributed by atoms with Gasteiger partial charge in [0.1, 0.15) is 5.75 Å². The normalized spacial score (nSPS) is 10.7. The van der Waals surface area contributed by atoms with Gasteiger partial charge < -0.3 is 4.74 Å². The number of hydrogen-bond donors (Lipinski definition) is 0. The van der Waals surface area contributed by atoms with Crippen LogP contribution in [0.2, 0.25) is 5.02 Å². The van der Waals surface area contributed by atoms with E-state index in [0.29, 0.717) is 16.1 Å². The zero-order valence-corrected chi connectivity index (χ0v) is 11.7. The molecule has 0 N–H and O–H groups in total. The van der Waals surface area contributed by atoms with Crippen molar-refractivity contribution < 1.29 is 23.1 Å². The molecule has 0 aromatic heterocycles. The Labute approximate surface area is 114 Å². The van der Waals surface area contributed by atoms with E-state index in [-0.39, 0.29) is 11.3 Å². The van der Waals surface area contributed by atoms with Crippen LogP contribution in [-0.2, 0) is 4.84 Å². The zero-order valence-electron chi connectivity index (χ0n) is 11.0. The summed E-state index contributed by atoms with van der Waals surface area (Å²) in [4.78, 5) is 16.8. The molecule has 0 aliphatic rings. The van der Waals surface area contributed by atoms with Crippen molar-refractivity contribution >= 4 is 17.5 Å². The van der Waals surface area contributed by atoms with E-state index in [1.807, 2.05) is 0 Å². The van der Waals surface area contributed by atoms with Crippen molar-refractivity contribution in [2.75, 3.05) is 14.2 Å². The summed E-state index contributed by atoms with van der Waals surface area (Å²) in [7, 11) is 2.65. The fourth-order valence-corrected chi connectivity index (χ4v) is 1.77. The summed E-state index contributed by atoms with van der Waals surface area (Å²) in [5, 5.41) is 1.24. The minimum absolute atomic E-state index is 0.0414. The number of rotatable bonds is 4. The first-order valence-corrected chi connectivity index (χ1v) is 5.74. The third-order valence-electron chi connectivity index (χ3n) is 2.63. The van der Waals surface area contributed by atoms with Gasteiger partial charge in [-0.3, -0.25) is 9.63 Å². The van der Waals surface area contributed by atoms with Gasteiger partial charge in [-0.25, -0.2) is 5.06 Å². The van der Waals surface area contributed by atoms with Gasteiger partial charge in [0.2, 0.25) is 0 Å². The summed E-state index contributed by atoms with van der Waals surface area (Å²) >= 11 is 6.03. The number of hydroxylamine groups is 2. The highest BCUT2D eigenvalue weighted by molar-refractivity contribution is 6.32. The summed E-state index contributed by atoms with van der Waals surface area (Å²) in [6, 6.07) is 1.30. The van der Waals surface area contributed by atoms with Crippen molar-refractivity contribution in [2.45, 2.75) is 20.5 Å². The molecule has 0 saturated carbocycles. The third-order valence-corrected chi connectivity index (χ3v) is 3.22. The first-order valence-electron chi connectivity index (χ1n) is 5.36. The highest BCUT2D eigenvalue weighted by atomic mass is 35.5. The van der Waals surface area contributed by atoms with Crippen LogP contribution in [0.4, 0.5) is 8.78 Å². The number of benzene rings is 1. The Morgan fingerprint density at radius 2 is 2.00 bits per heavy atom. The number of halogens is 3. The first kappa shape index (κ1) is 15.7. The Morgan fingerprint density at radius 3 is 2.47 bits per heavy atom. The molecule has 0 spiro atoms. The predicted octanol–water partition coefficient (Wildman–Crippen LogP) is 3.19. The quantitative estimate of drug-likeness (QED) is 0.800. The van der Waals surface area contributed by atoms with Crippen LogP contribution in [0.1, 0.15) is 21.5 Å². The summed E-state index contributed by atoms with van der Waals surface area (Å²) in [6.45, 7) is 0.172. The van der Waals surface area contributed by atoms with Crippen molar-refractivity contribution in [3.8, 4) is 5.75 Å². The van der Waals surface area contributed by atoms with Crippen LogP contribution in [0.15, 0.2) is 6.07 Å². The maximum atomic E-state index is 12.4. The van der Waals surface area contributed by atoms with Crippen molar-refractivity contribution in [3.05, 3.63) is 27.8 Å². The number of alkyl halides is 2.